The molecular weight excluding hydrogens is 326 g/mol. The fourth-order valence-electron chi connectivity index (χ4n) is 3.12. The highest BCUT2D eigenvalue weighted by atomic mass is 32.1. The minimum atomic E-state index is 0.110. The van der Waals surface area contributed by atoms with Gasteiger partial charge in [0.15, 0.2) is 0 Å². The highest BCUT2D eigenvalue weighted by molar-refractivity contribution is 7.17. The van der Waals surface area contributed by atoms with E-state index in [2.05, 4.69) is 27.5 Å². The third kappa shape index (κ3) is 2.62. The topological polar surface area (TPSA) is 49.0 Å². The average Bonchev–Trinajstić information content (AvgIpc) is 3.31. The Balaban J connectivity index is 1.64. The Kier molecular flexibility index (Phi) is 3.79. The van der Waals surface area contributed by atoms with Crippen LogP contribution in [0.2, 0.25) is 0 Å². The number of thiophene rings is 1. The number of carbonyl (C=O) groups is 1. The molecule has 1 fully saturated rings. The quantitative estimate of drug-likeness (QED) is 0.762. The third-order valence-electron chi connectivity index (χ3n) is 4.25. The Morgan fingerprint density at radius 2 is 2.35 bits per heavy atom. The summed E-state index contributed by atoms with van der Waals surface area (Å²) >= 11 is 3.15. The standard InChI is InChI=1S/C17H17N3OS2/c1-11-15(23-16(19-11)12-6-9-22-10-12)17(21)20-8-3-5-14(20)13-4-2-7-18-13/h2,4,6-7,9-10,14,18H,3,5,8H2,1H3. The van der Waals surface area contributed by atoms with E-state index in [4.69, 9.17) is 0 Å². The second-order valence-corrected chi connectivity index (χ2v) is 7.51. The van der Waals surface area contributed by atoms with Gasteiger partial charge in [-0.1, -0.05) is 0 Å². The van der Waals surface area contributed by atoms with E-state index >= 15 is 0 Å². The van der Waals surface area contributed by atoms with Crippen LogP contribution in [0, 0.1) is 6.92 Å². The van der Waals surface area contributed by atoms with Gasteiger partial charge in [0.2, 0.25) is 0 Å². The predicted molar refractivity (Wildman–Crippen MR) is 94.0 cm³/mol. The first-order valence-electron chi connectivity index (χ1n) is 7.68. The number of aromatic amines is 1. The minimum Gasteiger partial charge on any atom is -0.363 e. The van der Waals surface area contributed by atoms with E-state index in [1.54, 1.807) is 11.3 Å². The van der Waals surface area contributed by atoms with Crippen molar-refractivity contribution in [3.05, 3.63) is 51.4 Å². The molecule has 1 aliphatic heterocycles. The van der Waals surface area contributed by atoms with Gasteiger partial charge in [-0.05, 0) is 43.3 Å². The summed E-state index contributed by atoms with van der Waals surface area (Å²) in [4.78, 5) is 23.7. The second kappa shape index (κ2) is 5.94. The SMILES string of the molecule is Cc1nc(-c2ccsc2)sc1C(=O)N1CCCC1c1ccc[nH]1. The molecule has 4 nitrogen and oxygen atoms in total. The number of nitrogens with zero attached hydrogens (tertiary/aromatic N) is 2. The van der Waals surface area contributed by atoms with Gasteiger partial charge >= 0.3 is 0 Å². The van der Waals surface area contributed by atoms with Crippen LogP contribution in [0.15, 0.2) is 35.2 Å². The molecule has 1 aliphatic rings. The average molecular weight is 343 g/mol. The summed E-state index contributed by atoms with van der Waals surface area (Å²) in [6, 6.07) is 6.26. The van der Waals surface area contributed by atoms with E-state index in [0.717, 1.165) is 46.2 Å². The molecule has 23 heavy (non-hydrogen) atoms. The lowest BCUT2D eigenvalue weighted by Crippen LogP contribution is -2.30. The van der Waals surface area contributed by atoms with E-state index < -0.39 is 0 Å². The molecule has 3 aromatic rings. The first-order chi connectivity index (χ1) is 11.2. The smallest absolute Gasteiger partial charge is 0.266 e. The van der Waals surface area contributed by atoms with Crippen LogP contribution < -0.4 is 0 Å². The molecule has 0 aliphatic carbocycles. The van der Waals surface area contributed by atoms with Crippen LogP contribution in [-0.4, -0.2) is 27.3 Å². The lowest BCUT2D eigenvalue weighted by Gasteiger charge is -2.23. The number of amides is 1. The minimum absolute atomic E-state index is 0.110. The van der Waals surface area contributed by atoms with Crippen molar-refractivity contribution in [3.63, 3.8) is 0 Å². The fourth-order valence-corrected chi connectivity index (χ4v) is 4.85. The molecule has 118 valence electrons. The highest BCUT2D eigenvalue weighted by Gasteiger charge is 2.33. The van der Waals surface area contributed by atoms with Gasteiger partial charge in [-0.2, -0.15) is 11.3 Å². The van der Waals surface area contributed by atoms with Crippen molar-refractivity contribution < 1.29 is 4.79 Å². The van der Waals surface area contributed by atoms with Crippen LogP contribution in [-0.2, 0) is 0 Å². The summed E-state index contributed by atoms with van der Waals surface area (Å²) in [6.07, 6.45) is 3.98. The van der Waals surface area contributed by atoms with Crippen molar-refractivity contribution in [1.82, 2.24) is 14.9 Å². The van der Waals surface area contributed by atoms with Crippen LogP contribution in [0.3, 0.4) is 0 Å². The zero-order valence-electron chi connectivity index (χ0n) is 12.8. The molecule has 0 bridgehead atoms. The molecular formula is C17H17N3OS2. The van der Waals surface area contributed by atoms with E-state index in [1.807, 2.05) is 29.5 Å². The maximum Gasteiger partial charge on any atom is 0.266 e. The third-order valence-corrected chi connectivity index (χ3v) is 6.13. The van der Waals surface area contributed by atoms with Crippen molar-refractivity contribution in [2.24, 2.45) is 0 Å². The van der Waals surface area contributed by atoms with Crippen LogP contribution in [0.1, 0.15) is 39.9 Å². The number of H-pyrrole nitrogens is 1. The fraction of sp³-hybridized carbons (Fsp3) is 0.294. The Morgan fingerprint density at radius 3 is 3.09 bits per heavy atom. The molecule has 4 heterocycles. The first kappa shape index (κ1) is 14.7. The predicted octanol–water partition coefficient (Wildman–Crippen LogP) is 4.49. The lowest BCUT2D eigenvalue weighted by molar-refractivity contribution is 0.0737. The number of rotatable bonds is 3. The zero-order chi connectivity index (χ0) is 15.8. The number of hydrogen-bond acceptors (Lipinski definition) is 4. The molecule has 1 unspecified atom stereocenters. The molecule has 1 amide bonds. The Hall–Kier alpha value is -1.92. The van der Waals surface area contributed by atoms with Crippen LogP contribution in [0.25, 0.3) is 10.6 Å². The van der Waals surface area contributed by atoms with Gasteiger partial charge in [-0.15, -0.1) is 11.3 Å². The number of aryl methyl sites for hydroxylation is 1. The van der Waals surface area contributed by atoms with Gasteiger partial charge in [-0.25, -0.2) is 4.98 Å². The summed E-state index contributed by atoms with van der Waals surface area (Å²) < 4.78 is 0. The summed E-state index contributed by atoms with van der Waals surface area (Å²) in [7, 11) is 0. The molecule has 6 heteroatoms. The molecule has 1 atom stereocenters. The van der Waals surface area contributed by atoms with E-state index in [1.165, 1.54) is 11.3 Å². The van der Waals surface area contributed by atoms with E-state index in [0.29, 0.717) is 0 Å². The van der Waals surface area contributed by atoms with Gasteiger partial charge in [-0.3, -0.25) is 4.79 Å². The van der Waals surface area contributed by atoms with Gasteiger partial charge in [0, 0.05) is 29.4 Å². The maximum absolute atomic E-state index is 13.0. The number of hydrogen-bond donors (Lipinski definition) is 1. The van der Waals surface area contributed by atoms with Gasteiger partial charge in [0.1, 0.15) is 9.88 Å². The molecule has 0 aromatic carbocycles. The van der Waals surface area contributed by atoms with Gasteiger partial charge in [0.05, 0.1) is 11.7 Å². The van der Waals surface area contributed by atoms with Crippen LogP contribution in [0.5, 0.6) is 0 Å². The molecule has 3 aromatic heterocycles. The van der Waals surface area contributed by atoms with Crippen molar-refractivity contribution in [1.29, 1.82) is 0 Å². The molecule has 0 radical (unpaired) electrons. The molecule has 0 saturated carbocycles. The first-order valence-corrected chi connectivity index (χ1v) is 9.44. The van der Waals surface area contributed by atoms with Crippen molar-refractivity contribution in [2.45, 2.75) is 25.8 Å². The molecule has 1 saturated heterocycles. The van der Waals surface area contributed by atoms with Crippen molar-refractivity contribution in [2.75, 3.05) is 6.54 Å². The Labute approximate surface area is 142 Å². The summed E-state index contributed by atoms with van der Waals surface area (Å²) in [5, 5.41) is 5.04. The normalized spacial score (nSPS) is 17.8. The zero-order valence-corrected chi connectivity index (χ0v) is 14.4. The highest BCUT2D eigenvalue weighted by Crippen LogP contribution is 2.35. The molecule has 0 spiro atoms. The summed E-state index contributed by atoms with van der Waals surface area (Å²) in [5.74, 6) is 0.110. The maximum atomic E-state index is 13.0. The Bertz CT molecular complexity index is 805. The van der Waals surface area contributed by atoms with Gasteiger partial charge < -0.3 is 9.88 Å². The number of nitrogens with one attached hydrogen (secondary N) is 1. The lowest BCUT2D eigenvalue weighted by atomic mass is 10.1. The number of likely N-dealkylation sites (tertiary alicyclic amines) is 1. The van der Waals surface area contributed by atoms with Crippen molar-refractivity contribution >= 4 is 28.6 Å². The van der Waals surface area contributed by atoms with Crippen LogP contribution >= 0.6 is 22.7 Å². The largest absolute Gasteiger partial charge is 0.363 e. The van der Waals surface area contributed by atoms with E-state index in [9.17, 15) is 4.79 Å². The van der Waals surface area contributed by atoms with Gasteiger partial charge in [0.25, 0.3) is 5.91 Å². The number of aromatic nitrogens is 2. The molecule has 4 rings (SSSR count). The van der Waals surface area contributed by atoms with Crippen molar-refractivity contribution in [3.8, 4) is 10.6 Å². The van der Waals surface area contributed by atoms with E-state index in [-0.39, 0.29) is 11.9 Å². The molecule has 1 N–H and O–H groups in total. The Morgan fingerprint density at radius 1 is 1.43 bits per heavy atom. The number of carbonyl (C=O) groups excluding carboxylic acids is 1. The summed E-state index contributed by atoms with van der Waals surface area (Å²) in [6.45, 7) is 2.74. The second-order valence-electron chi connectivity index (χ2n) is 5.73. The van der Waals surface area contributed by atoms with Crippen LogP contribution in [0.4, 0.5) is 0 Å². The summed E-state index contributed by atoms with van der Waals surface area (Å²) in [5.41, 5.74) is 3.05. The monoisotopic (exact) mass is 343 g/mol. The number of thiazole rings is 1.